The second kappa shape index (κ2) is 8.95. The average molecular weight is 454 g/mol. The van der Waals surface area contributed by atoms with Crippen LogP contribution >= 0.6 is 0 Å². The van der Waals surface area contributed by atoms with Gasteiger partial charge in [-0.25, -0.2) is 16.8 Å². The molecule has 1 N–H and O–H groups in total. The fourth-order valence-corrected chi connectivity index (χ4v) is 8.51. The van der Waals surface area contributed by atoms with Gasteiger partial charge in [0, 0.05) is 6.04 Å². The van der Waals surface area contributed by atoms with Crippen molar-refractivity contribution in [3.63, 3.8) is 0 Å². The van der Waals surface area contributed by atoms with Gasteiger partial charge in [0.15, 0.2) is 19.7 Å². The van der Waals surface area contributed by atoms with Crippen molar-refractivity contribution in [2.75, 3.05) is 32.3 Å². The van der Waals surface area contributed by atoms with Gasteiger partial charge >= 0.3 is 0 Å². The SMILES string of the molecule is COc1ccc(CCN[C@H]2CS(=O)(=O)C[C@@H]2S(=O)(=O)c2ccc(OC)c(C)c2)cc1. The minimum atomic E-state index is -3.82. The fourth-order valence-electron chi connectivity index (χ4n) is 3.71. The first-order valence-electron chi connectivity index (χ1n) is 9.61. The van der Waals surface area contributed by atoms with E-state index in [4.69, 9.17) is 9.47 Å². The third kappa shape index (κ3) is 4.96. The molecular weight excluding hydrogens is 426 g/mol. The quantitative estimate of drug-likeness (QED) is 0.650. The van der Waals surface area contributed by atoms with Crippen LogP contribution < -0.4 is 14.8 Å². The van der Waals surface area contributed by atoms with Crippen molar-refractivity contribution in [1.82, 2.24) is 5.32 Å². The Balaban J connectivity index is 1.75. The molecule has 1 heterocycles. The number of rotatable bonds is 8. The van der Waals surface area contributed by atoms with Crippen LogP contribution in [0.2, 0.25) is 0 Å². The van der Waals surface area contributed by atoms with E-state index in [1.54, 1.807) is 20.1 Å². The first-order valence-corrected chi connectivity index (χ1v) is 13.0. The standard InChI is InChI=1S/C21H27NO6S2/c1-15-12-18(8-9-20(15)28-3)30(25,26)21-14-29(23,24)13-19(21)22-11-10-16-4-6-17(27-2)7-5-16/h4-9,12,19,21-22H,10-11,13-14H2,1-3H3/t19-,21-/m0/s1. The maximum atomic E-state index is 13.2. The summed E-state index contributed by atoms with van der Waals surface area (Å²) in [5, 5.41) is 2.14. The van der Waals surface area contributed by atoms with E-state index in [0.717, 1.165) is 11.3 Å². The lowest BCUT2D eigenvalue weighted by atomic mass is 10.1. The highest BCUT2D eigenvalue weighted by Crippen LogP contribution is 2.29. The van der Waals surface area contributed by atoms with Gasteiger partial charge in [0.05, 0.1) is 35.9 Å². The first-order chi connectivity index (χ1) is 14.2. The van der Waals surface area contributed by atoms with Crippen LogP contribution in [0.15, 0.2) is 47.4 Å². The van der Waals surface area contributed by atoms with Crippen LogP contribution in [0.1, 0.15) is 11.1 Å². The third-order valence-electron chi connectivity index (χ3n) is 5.37. The fraction of sp³-hybridized carbons (Fsp3) is 0.429. The van der Waals surface area contributed by atoms with Crippen molar-refractivity contribution in [1.29, 1.82) is 0 Å². The number of ether oxygens (including phenoxy) is 2. The second-order valence-electron chi connectivity index (χ2n) is 7.45. The number of hydrogen-bond acceptors (Lipinski definition) is 7. The molecular formula is C21H27NO6S2. The molecule has 30 heavy (non-hydrogen) atoms. The van der Waals surface area contributed by atoms with Gasteiger partial charge < -0.3 is 14.8 Å². The molecule has 1 aliphatic heterocycles. The van der Waals surface area contributed by atoms with Crippen LogP contribution in [-0.2, 0) is 26.1 Å². The summed E-state index contributed by atoms with van der Waals surface area (Å²) in [5.74, 6) is 0.784. The molecule has 3 rings (SSSR count). The van der Waals surface area contributed by atoms with E-state index < -0.39 is 31.0 Å². The van der Waals surface area contributed by atoms with Crippen LogP contribution in [0.25, 0.3) is 0 Å². The number of sulfone groups is 2. The molecule has 164 valence electrons. The van der Waals surface area contributed by atoms with Crippen LogP contribution in [0.4, 0.5) is 0 Å². The molecule has 1 fully saturated rings. The zero-order valence-electron chi connectivity index (χ0n) is 17.3. The Labute approximate surface area is 178 Å². The molecule has 0 bridgehead atoms. The van der Waals surface area contributed by atoms with Crippen LogP contribution in [0.3, 0.4) is 0 Å². The minimum absolute atomic E-state index is 0.116. The summed E-state index contributed by atoms with van der Waals surface area (Å²) in [7, 11) is -4.15. The number of methoxy groups -OCH3 is 2. The van der Waals surface area contributed by atoms with Crippen LogP contribution in [0.5, 0.6) is 11.5 Å². The summed E-state index contributed by atoms with van der Waals surface area (Å²) in [6.07, 6.45) is 0.648. The molecule has 7 nitrogen and oxygen atoms in total. The third-order valence-corrected chi connectivity index (χ3v) is 9.52. The second-order valence-corrected chi connectivity index (χ2v) is 11.8. The lowest BCUT2D eigenvalue weighted by molar-refractivity contribution is 0.411. The number of aryl methyl sites for hydroxylation is 1. The molecule has 9 heteroatoms. The van der Waals surface area contributed by atoms with E-state index in [-0.39, 0.29) is 16.4 Å². The van der Waals surface area contributed by atoms with Gasteiger partial charge in [0.1, 0.15) is 11.5 Å². The van der Waals surface area contributed by atoms with Crippen molar-refractivity contribution in [3.8, 4) is 11.5 Å². The van der Waals surface area contributed by atoms with E-state index in [1.165, 1.54) is 19.2 Å². The van der Waals surface area contributed by atoms with Crippen molar-refractivity contribution in [3.05, 3.63) is 53.6 Å². The number of nitrogens with one attached hydrogen (secondary N) is 1. The zero-order chi connectivity index (χ0) is 21.9. The lowest BCUT2D eigenvalue weighted by Gasteiger charge is -2.20. The van der Waals surface area contributed by atoms with Crippen LogP contribution in [-0.4, -0.2) is 60.4 Å². The lowest BCUT2D eigenvalue weighted by Crippen LogP contribution is -2.44. The Morgan fingerprint density at radius 1 is 1.03 bits per heavy atom. The molecule has 0 aliphatic carbocycles. The van der Waals surface area contributed by atoms with Gasteiger partial charge in [0.2, 0.25) is 0 Å². The molecule has 0 aromatic heterocycles. The Kier molecular flexibility index (Phi) is 6.74. The molecule has 0 amide bonds. The molecule has 2 atom stereocenters. The predicted molar refractivity (Wildman–Crippen MR) is 116 cm³/mol. The maximum Gasteiger partial charge on any atom is 0.183 e. The number of hydrogen-bond donors (Lipinski definition) is 1. The molecule has 0 spiro atoms. The zero-order valence-corrected chi connectivity index (χ0v) is 18.9. The summed E-state index contributed by atoms with van der Waals surface area (Å²) in [5.41, 5.74) is 1.73. The molecule has 2 aromatic rings. The average Bonchev–Trinajstić information content (AvgIpc) is 3.03. The number of benzene rings is 2. The molecule has 0 saturated carbocycles. The smallest absolute Gasteiger partial charge is 0.183 e. The highest BCUT2D eigenvalue weighted by molar-refractivity contribution is 7.96. The van der Waals surface area contributed by atoms with E-state index in [9.17, 15) is 16.8 Å². The van der Waals surface area contributed by atoms with E-state index in [2.05, 4.69) is 5.32 Å². The Morgan fingerprint density at radius 2 is 1.73 bits per heavy atom. The largest absolute Gasteiger partial charge is 0.497 e. The van der Waals surface area contributed by atoms with Gasteiger partial charge in [-0.05, 0) is 61.3 Å². The van der Waals surface area contributed by atoms with E-state index in [1.807, 2.05) is 24.3 Å². The predicted octanol–water partition coefficient (Wildman–Crippen LogP) is 1.78. The van der Waals surface area contributed by atoms with Crippen molar-refractivity contribution in [2.24, 2.45) is 0 Å². The monoisotopic (exact) mass is 453 g/mol. The summed E-state index contributed by atoms with van der Waals surface area (Å²) in [4.78, 5) is 0.116. The summed E-state index contributed by atoms with van der Waals surface area (Å²) < 4.78 is 61.3. The Hall–Kier alpha value is -2.10. The highest BCUT2D eigenvalue weighted by atomic mass is 32.2. The normalized spacial score (nSPS) is 20.8. The van der Waals surface area contributed by atoms with Crippen molar-refractivity contribution >= 4 is 19.7 Å². The molecule has 0 unspecified atom stereocenters. The minimum Gasteiger partial charge on any atom is -0.497 e. The van der Waals surface area contributed by atoms with Gasteiger partial charge in [-0.15, -0.1) is 0 Å². The first kappa shape index (κ1) is 22.6. The Morgan fingerprint density at radius 3 is 2.33 bits per heavy atom. The topological polar surface area (TPSA) is 98.8 Å². The van der Waals surface area contributed by atoms with Crippen molar-refractivity contribution in [2.45, 2.75) is 29.5 Å². The summed E-state index contributed by atoms with van der Waals surface area (Å²) >= 11 is 0. The molecule has 1 aliphatic rings. The van der Waals surface area contributed by atoms with Gasteiger partial charge in [-0.3, -0.25) is 0 Å². The van der Waals surface area contributed by atoms with E-state index >= 15 is 0 Å². The summed E-state index contributed by atoms with van der Waals surface area (Å²) in [6, 6.07) is 11.5. The van der Waals surface area contributed by atoms with Crippen LogP contribution in [0, 0.1) is 6.92 Å². The van der Waals surface area contributed by atoms with Gasteiger partial charge in [0.25, 0.3) is 0 Å². The summed E-state index contributed by atoms with van der Waals surface area (Å²) in [6.45, 7) is 2.23. The maximum absolute atomic E-state index is 13.2. The molecule has 1 saturated heterocycles. The molecule has 2 aromatic carbocycles. The van der Waals surface area contributed by atoms with Crippen molar-refractivity contribution < 1.29 is 26.3 Å². The van der Waals surface area contributed by atoms with Gasteiger partial charge in [-0.2, -0.15) is 0 Å². The van der Waals surface area contributed by atoms with Gasteiger partial charge in [-0.1, -0.05) is 12.1 Å². The Bertz CT molecular complexity index is 1090. The van der Waals surface area contributed by atoms with E-state index in [0.29, 0.717) is 24.3 Å². The molecule has 0 radical (unpaired) electrons. The highest BCUT2D eigenvalue weighted by Gasteiger charge is 2.45.